The van der Waals surface area contributed by atoms with Crippen LogP contribution in [-0.4, -0.2) is 25.0 Å². The first-order valence-electron chi connectivity index (χ1n) is 6.16. The van der Waals surface area contributed by atoms with Crippen LogP contribution in [0.5, 0.6) is 6.01 Å². The number of benzene rings is 1. The van der Waals surface area contributed by atoms with E-state index in [0.717, 1.165) is 12.1 Å². The Morgan fingerprint density at radius 1 is 1.29 bits per heavy atom. The molecule has 0 unspecified atom stereocenters. The molecule has 0 aliphatic heterocycles. The molecule has 1 heterocycles. The van der Waals surface area contributed by atoms with E-state index >= 15 is 0 Å². The van der Waals surface area contributed by atoms with Crippen molar-refractivity contribution in [2.45, 2.75) is 18.7 Å². The molecule has 112 valence electrons. The van der Waals surface area contributed by atoms with E-state index in [1.54, 1.807) is 6.92 Å². The summed E-state index contributed by atoms with van der Waals surface area (Å²) in [5.74, 6) is -0.490. The molecule has 8 heteroatoms. The van der Waals surface area contributed by atoms with Gasteiger partial charge in [-0.1, -0.05) is 0 Å². The van der Waals surface area contributed by atoms with Gasteiger partial charge in [0.1, 0.15) is 5.82 Å². The minimum atomic E-state index is -3.82. The van der Waals surface area contributed by atoms with Gasteiger partial charge in [0.25, 0.3) is 10.0 Å². The van der Waals surface area contributed by atoms with Crippen molar-refractivity contribution in [2.24, 2.45) is 0 Å². The highest BCUT2D eigenvalue weighted by molar-refractivity contribution is 7.92. The number of anilines is 1. The van der Waals surface area contributed by atoms with Crippen molar-refractivity contribution in [1.29, 1.82) is 0 Å². The monoisotopic (exact) mass is 311 g/mol. The van der Waals surface area contributed by atoms with E-state index in [-0.39, 0.29) is 16.6 Å². The standard InChI is InChI=1S/C13H14FN3O3S/c1-3-20-13-15-7-11(8-16-13)17-21(18,19)12-5-4-10(14)6-9(12)2/h4-8,17H,3H2,1-2H3. The fourth-order valence-corrected chi connectivity index (χ4v) is 2.95. The molecule has 6 nitrogen and oxygen atoms in total. The second kappa shape index (κ2) is 6.04. The van der Waals surface area contributed by atoms with Crippen LogP contribution in [0.4, 0.5) is 10.1 Å². The van der Waals surface area contributed by atoms with E-state index in [4.69, 9.17) is 4.74 Å². The SMILES string of the molecule is CCOc1ncc(NS(=O)(=O)c2ccc(F)cc2C)cn1. The van der Waals surface area contributed by atoms with E-state index in [0.29, 0.717) is 12.2 Å². The highest BCUT2D eigenvalue weighted by atomic mass is 32.2. The quantitative estimate of drug-likeness (QED) is 0.914. The van der Waals surface area contributed by atoms with Crippen molar-refractivity contribution in [3.63, 3.8) is 0 Å². The second-order valence-electron chi connectivity index (χ2n) is 4.20. The van der Waals surface area contributed by atoms with Crippen LogP contribution in [0.25, 0.3) is 0 Å². The zero-order valence-corrected chi connectivity index (χ0v) is 12.3. The molecule has 0 aliphatic rings. The number of sulfonamides is 1. The maximum absolute atomic E-state index is 13.0. The largest absolute Gasteiger partial charge is 0.464 e. The number of aromatic nitrogens is 2. The molecule has 2 aromatic rings. The Hall–Kier alpha value is -2.22. The number of halogens is 1. The highest BCUT2D eigenvalue weighted by Crippen LogP contribution is 2.19. The van der Waals surface area contributed by atoms with Gasteiger partial charge in [-0.05, 0) is 37.6 Å². The molecule has 0 saturated carbocycles. The summed E-state index contributed by atoms with van der Waals surface area (Å²) in [5, 5.41) is 0. The van der Waals surface area contributed by atoms with Gasteiger partial charge in [0.05, 0.1) is 29.6 Å². The van der Waals surface area contributed by atoms with Gasteiger partial charge in [0.2, 0.25) is 0 Å². The number of rotatable bonds is 5. The van der Waals surface area contributed by atoms with E-state index in [9.17, 15) is 12.8 Å². The van der Waals surface area contributed by atoms with Crippen LogP contribution >= 0.6 is 0 Å². The Morgan fingerprint density at radius 3 is 2.52 bits per heavy atom. The van der Waals surface area contributed by atoms with Gasteiger partial charge in [-0.3, -0.25) is 4.72 Å². The van der Waals surface area contributed by atoms with Crippen molar-refractivity contribution >= 4 is 15.7 Å². The highest BCUT2D eigenvalue weighted by Gasteiger charge is 2.17. The molecule has 0 atom stereocenters. The Kier molecular flexibility index (Phi) is 4.37. The fraction of sp³-hybridized carbons (Fsp3) is 0.231. The number of aryl methyl sites for hydroxylation is 1. The lowest BCUT2D eigenvalue weighted by Crippen LogP contribution is -2.15. The normalized spacial score (nSPS) is 11.2. The lowest BCUT2D eigenvalue weighted by Gasteiger charge is -2.10. The van der Waals surface area contributed by atoms with E-state index in [1.165, 1.54) is 25.4 Å². The molecule has 0 saturated heterocycles. The van der Waals surface area contributed by atoms with Crippen molar-refractivity contribution in [3.05, 3.63) is 42.0 Å². The minimum Gasteiger partial charge on any atom is -0.464 e. The van der Waals surface area contributed by atoms with Gasteiger partial charge in [-0.2, -0.15) is 0 Å². The molecule has 21 heavy (non-hydrogen) atoms. The van der Waals surface area contributed by atoms with Crippen molar-refractivity contribution in [3.8, 4) is 6.01 Å². The second-order valence-corrected chi connectivity index (χ2v) is 5.85. The maximum Gasteiger partial charge on any atom is 0.316 e. The first kappa shape index (κ1) is 15.2. The third kappa shape index (κ3) is 3.66. The molecule has 0 fully saturated rings. The topological polar surface area (TPSA) is 81.2 Å². The van der Waals surface area contributed by atoms with E-state index in [1.807, 2.05) is 0 Å². The van der Waals surface area contributed by atoms with Crippen LogP contribution in [-0.2, 0) is 10.0 Å². The number of nitrogens with one attached hydrogen (secondary N) is 1. The van der Waals surface area contributed by atoms with Gasteiger partial charge in [-0.25, -0.2) is 22.8 Å². The van der Waals surface area contributed by atoms with Crippen LogP contribution in [0.1, 0.15) is 12.5 Å². The van der Waals surface area contributed by atoms with Crippen LogP contribution in [0.15, 0.2) is 35.5 Å². The molecule has 0 spiro atoms. The van der Waals surface area contributed by atoms with Gasteiger partial charge >= 0.3 is 6.01 Å². The molecule has 1 aromatic carbocycles. The van der Waals surface area contributed by atoms with Gasteiger partial charge in [0.15, 0.2) is 0 Å². The smallest absolute Gasteiger partial charge is 0.316 e. The van der Waals surface area contributed by atoms with Crippen molar-refractivity contribution < 1.29 is 17.5 Å². The number of hydrogen-bond acceptors (Lipinski definition) is 5. The summed E-state index contributed by atoms with van der Waals surface area (Å²) in [4.78, 5) is 7.72. The summed E-state index contributed by atoms with van der Waals surface area (Å²) >= 11 is 0. The molecule has 0 aliphatic carbocycles. The Labute approximate surface area is 122 Å². The Morgan fingerprint density at radius 2 is 1.95 bits per heavy atom. The summed E-state index contributed by atoms with van der Waals surface area (Å²) < 4.78 is 44.9. The zero-order valence-electron chi connectivity index (χ0n) is 11.5. The van der Waals surface area contributed by atoms with Crippen LogP contribution < -0.4 is 9.46 Å². The third-order valence-electron chi connectivity index (χ3n) is 2.58. The maximum atomic E-state index is 13.0. The first-order chi connectivity index (χ1) is 9.92. The molecular weight excluding hydrogens is 297 g/mol. The number of hydrogen-bond donors (Lipinski definition) is 1. The first-order valence-corrected chi connectivity index (χ1v) is 7.64. The number of ether oxygens (including phenoxy) is 1. The predicted octanol–water partition coefficient (Wildman–Crippen LogP) is 2.12. The molecule has 0 radical (unpaired) electrons. The minimum absolute atomic E-state index is 0.00205. The lowest BCUT2D eigenvalue weighted by atomic mass is 10.2. The average molecular weight is 311 g/mol. The number of nitrogens with zero attached hydrogens (tertiary/aromatic N) is 2. The Bertz CT molecular complexity index is 733. The van der Waals surface area contributed by atoms with E-state index < -0.39 is 15.8 Å². The summed E-state index contributed by atoms with van der Waals surface area (Å²) in [7, 11) is -3.82. The van der Waals surface area contributed by atoms with Crippen LogP contribution in [0.2, 0.25) is 0 Å². The fourth-order valence-electron chi connectivity index (χ4n) is 1.70. The summed E-state index contributed by atoms with van der Waals surface area (Å²) in [6.07, 6.45) is 2.60. The van der Waals surface area contributed by atoms with E-state index in [2.05, 4.69) is 14.7 Å². The third-order valence-corrected chi connectivity index (χ3v) is 4.12. The van der Waals surface area contributed by atoms with Crippen LogP contribution in [0, 0.1) is 12.7 Å². The van der Waals surface area contributed by atoms with Gasteiger partial charge in [-0.15, -0.1) is 0 Å². The Balaban J connectivity index is 2.24. The lowest BCUT2D eigenvalue weighted by molar-refractivity contribution is 0.312. The molecule has 1 aromatic heterocycles. The molecular formula is C13H14FN3O3S. The molecule has 2 rings (SSSR count). The van der Waals surface area contributed by atoms with Gasteiger partial charge in [0, 0.05) is 0 Å². The van der Waals surface area contributed by atoms with Crippen LogP contribution in [0.3, 0.4) is 0 Å². The molecule has 0 bridgehead atoms. The molecule has 1 N–H and O–H groups in total. The average Bonchev–Trinajstić information content (AvgIpc) is 2.40. The summed E-state index contributed by atoms with van der Waals surface area (Å²) in [5.41, 5.74) is 0.511. The molecule has 0 amide bonds. The summed E-state index contributed by atoms with van der Waals surface area (Å²) in [6.45, 7) is 3.73. The zero-order chi connectivity index (χ0) is 15.5. The predicted molar refractivity (Wildman–Crippen MR) is 75.1 cm³/mol. The summed E-state index contributed by atoms with van der Waals surface area (Å²) in [6, 6.07) is 3.63. The van der Waals surface area contributed by atoms with Crippen molar-refractivity contribution in [2.75, 3.05) is 11.3 Å². The van der Waals surface area contributed by atoms with Gasteiger partial charge < -0.3 is 4.74 Å². The van der Waals surface area contributed by atoms with Crippen molar-refractivity contribution in [1.82, 2.24) is 9.97 Å².